The third-order valence-corrected chi connectivity index (χ3v) is 4.74. The number of hydrogen-bond acceptors (Lipinski definition) is 4. The molecule has 1 heterocycles. The van der Waals surface area contributed by atoms with Gasteiger partial charge in [-0.3, -0.25) is 14.6 Å². The summed E-state index contributed by atoms with van der Waals surface area (Å²) in [5, 5.41) is 0. The number of aryl methyl sites for hydroxylation is 1. The predicted molar refractivity (Wildman–Crippen MR) is 115 cm³/mol. The van der Waals surface area contributed by atoms with E-state index in [-0.39, 0.29) is 11.8 Å². The van der Waals surface area contributed by atoms with Crippen LogP contribution in [0.25, 0.3) is 0 Å². The zero-order valence-corrected chi connectivity index (χ0v) is 17.8. The van der Waals surface area contributed by atoms with Crippen molar-refractivity contribution < 1.29 is 9.59 Å². The smallest absolute Gasteiger partial charge is 0.274 e. The lowest BCUT2D eigenvalue weighted by Crippen LogP contribution is -2.39. The summed E-state index contributed by atoms with van der Waals surface area (Å²) in [6.07, 6.45) is 6.02. The summed E-state index contributed by atoms with van der Waals surface area (Å²) >= 11 is 0. The monoisotopic (exact) mass is 396 g/mol. The summed E-state index contributed by atoms with van der Waals surface area (Å²) < 4.78 is 0. The lowest BCUT2D eigenvalue weighted by atomic mass is 10.1. The molecule has 2 amide bonds. The summed E-state index contributed by atoms with van der Waals surface area (Å²) in [6, 6.07) is 10.0. The Hall–Kier alpha value is -2.76. The first-order chi connectivity index (χ1) is 14.0. The molecule has 6 heteroatoms. The van der Waals surface area contributed by atoms with E-state index >= 15 is 0 Å². The quantitative estimate of drug-likeness (QED) is 0.583. The van der Waals surface area contributed by atoms with Crippen LogP contribution in [0.5, 0.6) is 0 Å². The van der Waals surface area contributed by atoms with Gasteiger partial charge in [-0.15, -0.1) is 0 Å². The van der Waals surface area contributed by atoms with Crippen LogP contribution in [0, 0.1) is 6.92 Å². The summed E-state index contributed by atoms with van der Waals surface area (Å²) in [7, 11) is 0. The molecule has 0 saturated heterocycles. The van der Waals surface area contributed by atoms with Gasteiger partial charge >= 0.3 is 0 Å². The maximum absolute atomic E-state index is 13.0. The number of hydrogen-bond donors (Lipinski definition) is 0. The number of nitrogens with zero attached hydrogens (tertiary/aromatic N) is 4. The van der Waals surface area contributed by atoms with Crippen LogP contribution in [-0.2, 0) is 11.2 Å². The van der Waals surface area contributed by atoms with Gasteiger partial charge in [-0.05, 0) is 31.7 Å². The number of rotatable bonds is 11. The van der Waals surface area contributed by atoms with Crippen LogP contribution in [0.2, 0.25) is 0 Å². The highest BCUT2D eigenvalue weighted by atomic mass is 16.2. The second kappa shape index (κ2) is 11.9. The highest BCUT2D eigenvalue weighted by Crippen LogP contribution is 2.08. The first kappa shape index (κ1) is 22.5. The predicted octanol–water partition coefficient (Wildman–Crippen LogP) is 3.51. The van der Waals surface area contributed by atoms with Crippen molar-refractivity contribution in [3.8, 4) is 0 Å². The molecule has 0 bridgehead atoms. The van der Waals surface area contributed by atoms with Crippen molar-refractivity contribution in [3.63, 3.8) is 0 Å². The normalized spacial score (nSPS) is 10.6. The van der Waals surface area contributed by atoms with E-state index in [1.165, 1.54) is 6.20 Å². The lowest BCUT2D eigenvalue weighted by molar-refractivity contribution is -0.131. The summed E-state index contributed by atoms with van der Waals surface area (Å²) in [4.78, 5) is 37.7. The molecule has 1 aromatic heterocycles. The number of aromatic nitrogens is 2. The second-order valence-electron chi connectivity index (χ2n) is 7.20. The minimum absolute atomic E-state index is 0.0983. The van der Waals surface area contributed by atoms with Crippen molar-refractivity contribution in [3.05, 3.63) is 59.7 Å². The molecule has 156 valence electrons. The molecular weight excluding hydrogens is 364 g/mol. The van der Waals surface area contributed by atoms with Gasteiger partial charge < -0.3 is 9.80 Å². The van der Waals surface area contributed by atoms with Crippen LogP contribution in [0.1, 0.15) is 54.9 Å². The summed E-state index contributed by atoms with van der Waals surface area (Å²) in [5.74, 6) is -0.0834. The van der Waals surface area contributed by atoms with Gasteiger partial charge in [0.05, 0.1) is 11.9 Å². The SMILES string of the molecule is CCCN(CCC)C(=O)CCN(CCc1ccccc1)C(=O)c1cnc(C)cn1. The lowest BCUT2D eigenvalue weighted by Gasteiger charge is -2.25. The molecule has 1 aromatic carbocycles. The maximum Gasteiger partial charge on any atom is 0.274 e. The molecule has 0 aliphatic rings. The largest absolute Gasteiger partial charge is 0.343 e. The zero-order valence-electron chi connectivity index (χ0n) is 17.8. The molecule has 0 unspecified atom stereocenters. The molecule has 0 spiro atoms. The number of benzene rings is 1. The highest BCUT2D eigenvalue weighted by Gasteiger charge is 2.20. The molecule has 0 atom stereocenters. The Kier molecular flexibility index (Phi) is 9.28. The van der Waals surface area contributed by atoms with Gasteiger partial charge in [0.15, 0.2) is 0 Å². The highest BCUT2D eigenvalue weighted by molar-refractivity contribution is 5.92. The van der Waals surface area contributed by atoms with Crippen LogP contribution in [0.3, 0.4) is 0 Å². The van der Waals surface area contributed by atoms with Crippen molar-refractivity contribution in [2.24, 2.45) is 0 Å². The molecule has 0 aliphatic heterocycles. The van der Waals surface area contributed by atoms with E-state index in [1.807, 2.05) is 42.2 Å². The van der Waals surface area contributed by atoms with Crippen molar-refractivity contribution >= 4 is 11.8 Å². The van der Waals surface area contributed by atoms with Gasteiger partial charge in [-0.1, -0.05) is 44.2 Å². The minimum atomic E-state index is -0.182. The molecule has 29 heavy (non-hydrogen) atoms. The molecule has 6 nitrogen and oxygen atoms in total. The first-order valence-corrected chi connectivity index (χ1v) is 10.4. The fraction of sp³-hybridized carbons (Fsp3) is 0.478. The fourth-order valence-electron chi connectivity index (χ4n) is 3.18. The standard InChI is InChI=1S/C23H32N4O2/c1-4-13-26(14-5-2)22(28)12-16-27(15-11-20-9-7-6-8-10-20)23(29)21-18-24-19(3)17-25-21/h6-10,17-18H,4-5,11-16H2,1-3H3. The Morgan fingerprint density at radius 3 is 2.14 bits per heavy atom. The van der Waals surface area contributed by atoms with Crippen molar-refractivity contribution in [1.82, 2.24) is 19.8 Å². The Morgan fingerprint density at radius 1 is 0.862 bits per heavy atom. The molecule has 2 aromatic rings. The van der Waals surface area contributed by atoms with Gasteiger partial charge in [0.1, 0.15) is 5.69 Å². The van der Waals surface area contributed by atoms with E-state index in [0.29, 0.717) is 25.2 Å². The van der Waals surface area contributed by atoms with E-state index < -0.39 is 0 Å². The Balaban J connectivity index is 2.07. The van der Waals surface area contributed by atoms with E-state index in [1.54, 1.807) is 11.1 Å². The van der Waals surface area contributed by atoms with Gasteiger partial charge in [0.2, 0.25) is 5.91 Å². The van der Waals surface area contributed by atoms with Crippen molar-refractivity contribution in [2.45, 2.75) is 46.5 Å². The number of amides is 2. The number of carbonyl (C=O) groups excluding carboxylic acids is 2. The Morgan fingerprint density at radius 2 is 1.55 bits per heavy atom. The van der Waals surface area contributed by atoms with Crippen molar-refractivity contribution in [1.29, 1.82) is 0 Å². The van der Waals surface area contributed by atoms with E-state index in [9.17, 15) is 9.59 Å². The third-order valence-electron chi connectivity index (χ3n) is 4.74. The topological polar surface area (TPSA) is 66.4 Å². The van der Waals surface area contributed by atoms with Crippen LogP contribution < -0.4 is 0 Å². The summed E-state index contributed by atoms with van der Waals surface area (Å²) in [5.41, 5.74) is 2.24. The molecule has 0 N–H and O–H groups in total. The van der Waals surface area contributed by atoms with E-state index in [4.69, 9.17) is 0 Å². The first-order valence-electron chi connectivity index (χ1n) is 10.4. The number of carbonyl (C=O) groups is 2. The Bertz CT molecular complexity index is 756. The molecule has 0 fully saturated rings. The van der Waals surface area contributed by atoms with E-state index in [0.717, 1.165) is 43.6 Å². The molecular formula is C23H32N4O2. The molecule has 2 rings (SSSR count). The van der Waals surface area contributed by atoms with Gasteiger partial charge in [0.25, 0.3) is 5.91 Å². The molecule has 0 aliphatic carbocycles. The van der Waals surface area contributed by atoms with Gasteiger partial charge in [-0.2, -0.15) is 0 Å². The zero-order chi connectivity index (χ0) is 21.1. The van der Waals surface area contributed by atoms with Crippen LogP contribution >= 0.6 is 0 Å². The average molecular weight is 397 g/mol. The fourth-order valence-corrected chi connectivity index (χ4v) is 3.18. The van der Waals surface area contributed by atoms with Gasteiger partial charge in [0, 0.05) is 38.8 Å². The van der Waals surface area contributed by atoms with Crippen LogP contribution in [-0.4, -0.2) is 57.8 Å². The van der Waals surface area contributed by atoms with Crippen LogP contribution in [0.4, 0.5) is 0 Å². The van der Waals surface area contributed by atoms with Crippen molar-refractivity contribution in [2.75, 3.05) is 26.2 Å². The van der Waals surface area contributed by atoms with Gasteiger partial charge in [-0.25, -0.2) is 4.98 Å². The Labute approximate surface area is 174 Å². The maximum atomic E-state index is 13.0. The molecule has 0 radical (unpaired) electrons. The molecule has 0 saturated carbocycles. The second-order valence-corrected chi connectivity index (χ2v) is 7.20. The van der Waals surface area contributed by atoms with Crippen LogP contribution in [0.15, 0.2) is 42.7 Å². The van der Waals surface area contributed by atoms with E-state index in [2.05, 4.69) is 23.8 Å². The third kappa shape index (κ3) is 7.29. The minimum Gasteiger partial charge on any atom is -0.343 e. The average Bonchev–Trinajstić information content (AvgIpc) is 2.74. The summed E-state index contributed by atoms with van der Waals surface area (Å²) in [6.45, 7) is 8.41.